The summed E-state index contributed by atoms with van der Waals surface area (Å²) < 4.78 is 4.69. The van der Waals surface area contributed by atoms with Gasteiger partial charge >= 0.3 is 0 Å². The standard InChI is InChI=1S/C17H21ClN2.C13H13NS.C13H16O2.C12H13ClS/c1-17(2,3)14-8-7-12(10-15(14)18)13-11-19-20-9-5-4-6-16(13)20;1-13(2,3)12-7-10-6-9(8-14)4-5-11(10)15-12;1-13(2,3)10-6-8-4-5-11(14)9(8)7-12(10)15;1-12(2,3)11-10(13)8-6-4-5-7-9(8)14-11/h7-8,10-11H,4-6,9H2,1-3H3;4-7H,1-3H3;6-7,15H,4-5H2,1-3H3;4-7H,1-3H3. The van der Waals surface area contributed by atoms with Crippen molar-refractivity contribution >= 4 is 71.8 Å². The summed E-state index contributed by atoms with van der Waals surface area (Å²) in [6.45, 7) is 27.0. The number of carbonyl (C=O) groups excluding carboxylic acids is 1. The molecule has 4 heterocycles. The van der Waals surface area contributed by atoms with Gasteiger partial charge in [0.15, 0.2) is 5.78 Å². The molecule has 9 rings (SSSR count). The average molecular weight is 933 g/mol. The summed E-state index contributed by atoms with van der Waals surface area (Å²) in [6.07, 6.45) is 7.00. The van der Waals surface area contributed by atoms with E-state index < -0.39 is 0 Å². The number of phenols is 1. The Kier molecular flexibility index (Phi) is 14.7. The fourth-order valence-corrected chi connectivity index (χ4v) is 11.4. The Labute approximate surface area is 399 Å². The Morgan fingerprint density at radius 2 is 1.41 bits per heavy atom. The quantitative estimate of drug-likeness (QED) is 0.178. The van der Waals surface area contributed by atoms with Crippen LogP contribution in [0, 0.1) is 11.3 Å². The van der Waals surface area contributed by atoms with Crippen LogP contribution in [0.5, 0.6) is 5.75 Å². The molecule has 336 valence electrons. The molecule has 4 aromatic carbocycles. The topological polar surface area (TPSA) is 78.9 Å². The monoisotopic (exact) mass is 931 g/mol. The number of aryl methyl sites for hydroxylation is 2. The maximum atomic E-state index is 11.5. The Morgan fingerprint density at radius 1 is 0.703 bits per heavy atom. The summed E-state index contributed by atoms with van der Waals surface area (Å²) in [6, 6.07) is 28.6. The minimum Gasteiger partial charge on any atom is -0.508 e. The number of thiophene rings is 2. The predicted molar refractivity (Wildman–Crippen MR) is 275 cm³/mol. The van der Waals surface area contributed by atoms with Crippen molar-refractivity contribution in [3.05, 3.63) is 138 Å². The van der Waals surface area contributed by atoms with Crippen LogP contribution in [0.4, 0.5) is 0 Å². The Hall–Kier alpha value is -4.45. The van der Waals surface area contributed by atoms with Gasteiger partial charge in [0.25, 0.3) is 0 Å². The van der Waals surface area contributed by atoms with Crippen molar-refractivity contribution in [2.75, 3.05) is 0 Å². The molecule has 0 fully saturated rings. The van der Waals surface area contributed by atoms with Gasteiger partial charge in [-0.1, -0.05) is 143 Å². The first-order valence-corrected chi connectivity index (χ1v) is 24.6. The minimum atomic E-state index is -0.0786. The van der Waals surface area contributed by atoms with Crippen molar-refractivity contribution in [3.63, 3.8) is 0 Å². The van der Waals surface area contributed by atoms with Crippen LogP contribution in [-0.2, 0) is 41.0 Å². The highest BCUT2D eigenvalue weighted by atomic mass is 35.5. The zero-order valence-electron chi connectivity index (χ0n) is 39.6. The molecule has 0 bridgehead atoms. The lowest BCUT2D eigenvalue weighted by atomic mass is 9.84. The van der Waals surface area contributed by atoms with Gasteiger partial charge in [-0.3, -0.25) is 9.48 Å². The van der Waals surface area contributed by atoms with Crippen LogP contribution in [0.15, 0.2) is 85.1 Å². The number of phenolic OH excluding ortho intramolecular Hbond substituents is 1. The summed E-state index contributed by atoms with van der Waals surface area (Å²) in [5.41, 5.74) is 8.77. The van der Waals surface area contributed by atoms with E-state index in [1.807, 2.05) is 47.9 Å². The first-order valence-electron chi connectivity index (χ1n) is 22.2. The molecule has 0 unspecified atom stereocenters. The van der Waals surface area contributed by atoms with E-state index in [0.29, 0.717) is 12.0 Å². The number of benzene rings is 4. The lowest BCUT2D eigenvalue weighted by molar-refractivity contribution is 0.0994. The normalized spacial score (nSPS) is 13.8. The summed E-state index contributed by atoms with van der Waals surface area (Å²) in [7, 11) is 0. The summed E-state index contributed by atoms with van der Waals surface area (Å²) >= 11 is 16.5. The Morgan fingerprint density at radius 3 is 2.03 bits per heavy atom. The molecule has 1 aliphatic heterocycles. The molecular formula is C55H63Cl2N3O2S2. The molecule has 7 aromatic rings. The van der Waals surface area contributed by atoms with Crippen molar-refractivity contribution in [2.45, 2.75) is 143 Å². The zero-order chi connectivity index (χ0) is 46.9. The van der Waals surface area contributed by atoms with E-state index in [-0.39, 0.29) is 33.2 Å². The Bertz CT molecular complexity index is 2850. The molecule has 64 heavy (non-hydrogen) atoms. The number of nitriles is 1. The lowest BCUT2D eigenvalue weighted by Crippen LogP contribution is -2.12. The Balaban J connectivity index is 0.000000143. The number of carbonyl (C=O) groups is 1. The van der Waals surface area contributed by atoms with Gasteiger partial charge in [-0.05, 0) is 117 Å². The van der Waals surface area contributed by atoms with Crippen LogP contribution in [0.3, 0.4) is 0 Å². The number of halogens is 2. The third kappa shape index (κ3) is 11.3. The molecular weight excluding hydrogens is 870 g/mol. The van der Waals surface area contributed by atoms with E-state index in [1.54, 1.807) is 17.4 Å². The van der Waals surface area contributed by atoms with Crippen LogP contribution >= 0.6 is 45.9 Å². The second-order valence-corrected chi connectivity index (χ2v) is 24.0. The second kappa shape index (κ2) is 19.2. The van der Waals surface area contributed by atoms with Gasteiger partial charge in [0.2, 0.25) is 0 Å². The van der Waals surface area contributed by atoms with Crippen LogP contribution in [0.1, 0.15) is 150 Å². The highest BCUT2D eigenvalue weighted by Crippen LogP contribution is 2.42. The first-order chi connectivity index (χ1) is 29.9. The third-order valence-electron chi connectivity index (χ3n) is 11.6. The molecule has 5 nitrogen and oxygen atoms in total. The number of rotatable bonds is 1. The number of aromatic nitrogens is 2. The molecule has 0 saturated carbocycles. The van der Waals surface area contributed by atoms with Crippen molar-refractivity contribution < 1.29 is 9.90 Å². The molecule has 0 atom stereocenters. The minimum absolute atomic E-state index is 0.0774. The van der Waals surface area contributed by atoms with E-state index in [0.717, 1.165) is 46.1 Å². The average Bonchev–Trinajstić information content (AvgIpc) is 4.01. The van der Waals surface area contributed by atoms with Crippen molar-refractivity contribution in [2.24, 2.45) is 0 Å². The first kappa shape index (κ1) is 49.0. The molecule has 0 spiro atoms. The van der Waals surface area contributed by atoms with E-state index in [2.05, 4.69) is 141 Å². The van der Waals surface area contributed by atoms with Crippen molar-refractivity contribution in [3.8, 4) is 22.9 Å². The van der Waals surface area contributed by atoms with Crippen molar-refractivity contribution in [1.82, 2.24) is 9.78 Å². The maximum absolute atomic E-state index is 11.5. The number of Topliss-reactive ketones (excluding diaryl/α,β-unsaturated/α-hetero) is 1. The van der Waals surface area contributed by atoms with Gasteiger partial charge in [0.1, 0.15) is 5.75 Å². The smallest absolute Gasteiger partial charge is 0.163 e. The number of fused-ring (bicyclic) bond motifs is 4. The molecule has 1 aliphatic carbocycles. The maximum Gasteiger partial charge on any atom is 0.163 e. The number of hydrogen-bond acceptors (Lipinski definition) is 6. The van der Waals surface area contributed by atoms with Gasteiger partial charge in [-0.2, -0.15) is 10.4 Å². The highest BCUT2D eigenvalue weighted by molar-refractivity contribution is 7.20. The number of aromatic hydroxyl groups is 1. The van der Waals surface area contributed by atoms with Crippen molar-refractivity contribution in [1.29, 1.82) is 5.26 Å². The largest absolute Gasteiger partial charge is 0.508 e. The SMILES string of the molecule is CC(C)(C)c1cc2c(cc1O)C(=O)CC2.CC(C)(C)c1cc2cc(C#N)ccc2s1.CC(C)(C)c1ccc(-c2cnn3c2CCCC3)cc1Cl.CC(C)(C)c1sc2ccccc2c1Cl. The lowest BCUT2D eigenvalue weighted by Gasteiger charge is -2.21. The van der Waals surface area contributed by atoms with Gasteiger partial charge in [0, 0.05) is 59.3 Å². The fourth-order valence-electron chi connectivity index (χ4n) is 8.02. The molecule has 2 aliphatic rings. The van der Waals surface area contributed by atoms with Gasteiger partial charge in [-0.25, -0.2) is 0 Å². The van der Waals surface area contributed by atoms with Crippen LogP contribution in [0.2, 0.25) is 10.0 Å². The highest BCUT2D eigenvalue weighted by Gasteiger charge is 2.26. The van der Waals surface area contributed by atoms with E-state index in [9.17, 15) is 9.90 Å². The van der Waals surface area contributed by atoms with E-state index in [4.69, 9.17) is 28.5 Å². The second-order valence-electron chi connectivity index (χ2n) is 21.0. The number of nitrogens with zero attached hydrogens (tertiary/aromatic N) is 3. The molecule has 0 radical (unpaired) electrons. The molecule has 0 saturated heterocycles. The molecule has 9 heteroatoms. The van der Waals surface area contributed by atoms with Gasteiger partial charge in [-0.15, -0.1) is 22.7 Å². The van der Waals surface area contributed by atoms with Crippen LogP contribution in [-0.4, -0.2) is 20.7 Å². The predicted octanol–water partition coefficient (Wildman–Crippen LogP) is 16.6. The number of ketones is 1. The number of hydrogen-bond donors (Lipinski definition) is 1. The zero-order valence-corrected chi connectivity index (χ0v) is 42.7. The molecule has 0 amide bonds. The summed E-state index contributed by atoms with van der Waals surface area (Å²) in [4.78, 5) is 14.1. The van der Waals surface area contributed by atoms with Gasteiger partial charge < -0.3 is 5.11 Å². The van der Waals surface area contributed by atoms with Crippen LogP contribution < -0.4 is 0 Å². The summed E-state index contributed by atoms with van der Waals surface area (Å²) in [5.74, 6) is 0.400. The molecule has 1 N–H and O–H groups in total. The molecule has 3 aromatic heterocycles. The van der Waals surface area contributed by atoms with E-state index >= 15 is 0 Å². The van der Waals surface area contributed by atoms with E-state index in [1.165, 1.54) is 65.2 Å². The van der Waals surface area contributed by atoms with Gasteiger partial charge in [0.05, 0.1) is 22.9 Å². The third-order valence-corrected chi connectivity index (χ3v) is 15.6. The fraction of sp³-hybridized carbons (Fsp3) is 0.400. The van der Waals surface area contributed by atoms with Crippen LogP contribution in [0.25, 0.3) is 31.3 Å². The summed E-state index contributed by atoms with van der Waals surface area (Å²) in [5, 5.41) is 27.4.